The van der Waals surface area contributed by atoms with Crippen molar-refractivity contribution in [2.24, 2.45) is 0 Å². The lowest BCUT2D eigenvalue weighted by Gasteiger charge is -2.09. The van der Waals surface area contributed by atoms with E-state index in [1.165, 1.54) is 0 Å². The number of aromatic nitrogens is 2. The molecule has 0 saturated heterocycles. The van der Waals surface area contributed by atoms with Crippen LogP contribution in [0.3, 0.4) is 0 Å². The van der Waals surface area contributed by atoms with Gasteiger partial charge in [-0.25, -0.2) is 4.79 Å². The van der Waals surface area contributed by atoms with Crippen LogP contribution in [-0.4, -0.2) is 34.1 Å². The molecule has 0 bridgehead atoms. The highest BCUT2D eigenvalue weighted by atomic mass is 16.5. The van der Waals surface area contributed by atoms with Crippen LogP contribution in [0.4, 0.5) is 0 Å². The standard InChI is InChI=1S/C22H23N3O4/c1-3-9-23-21(27)13-29-17-6-4-5-15(11-17)18-12-19(25-22(28)24-18)16-7-8-20(26)14(2)10-16/h4-8,10-12,26H,3,9,13H2,1-2H3,(H,23,27)(H,24,25,28). The molecule has 1 heterocycles. The average Bonchev–Trinajstić information content (AvgIpc) is 2.72. The molecular formula is C22H23N3O4. The van der Waals surface area contributed by atoms with Gasteiger partial charge in [-0.05, 0) is 55.3 Å². The highest BCUT2D eigenvalue weighted by molar-refractivity contribution is 5.77. The van der Waals surface area contributed by atoms with Gasteiger partial charge in [0.1, 0.15) is 11.5 Å². The number of carbonyl (C=O) groups excluding carboxylic acids is 1. The van der Waals surface area contributed by atoms with Crippen molar-refractivity contribution in [3.63, 3.8) is 0 Å². The summed E-state index contributed by atoms with van der Waals surface area (Å²) in [4.78, 5) is 30.6. The van der Waals surface area contributed by atoms with E-state index in [2.05, 4.69) is 15.3 Å². The molecule has 29 heavy (non-hydrogen) atoms. The Morgan fingerprint density at radius 2 is 2.00 bits per heavy atom. The molecule has 0 radical (unpaired) electrons. The molecule has 0 aliphatic rings. The topological polar surface area (TPSA) is 104 Å². The summed E-state index contributed by atoms with van der Waals surface area (Å²) in [6, 6.07) is 14.0. The predicted octanol–water partition coefficient (Wildman–Crippen LogP) is 3.02. The number of rotatable bonds is 7. The Kier molecular flexibility index (Phi) is 6.29. The number of carbonyl (C=O) groups is 1. The summed E-state index contributed by atoms with van der Waals surface area (Å²) in [5, 5.41) is 12.5. The molecule has 7 nitrogen and oxygen atoms in total. The fraction of sp³-hybridized carbons (Fsp3) is 0.227. The zero-order valence-electron chi connectivity index (χ0n) is 16.4. The monoisotopic (exact) mass is 393 g/mol. The van der Waals surface area contributed by atoms with Gasteiger partial charge in [-0.15, -0.1) is 0 Å². The third kappa shape index (κ3) is 5.22. The Morgan fingerprint density at radius 3 is 2.76 bits per heavy atom. The van der Waals surface area contributed by atoms with Crippen LogP contribution in [0.2, 0.25) is 0 Å². The largest absolute Gasteiger partial charge is 0.508 e. The Labute approximate surface area is 168 Å². The molecule has 1 amide bonds. The number of phenolic OH excluding ortho intramolecular Hbond substituents is 1. The summed E-state index contributed by atoms with van der Waals surface area (Å²) in [7, 11) is 0. The normalized spacial score (nSPS) is 10.6. The Hall–Kier alpha value is -3.61. The first-order valence-corrected chi connectivity index (χ1v) is 9.37. The number of aromatic hydroxyl groups is 1. The van der Waals surface area contributed by atoms with E-state index in [0.717, 1.165) is 17.5 Å². The second-order valence-corrected chi connectivity index (χ2v) is 6.65. The molecule has 7 heteroatoms. The van der Waals surface area contributed by atoms with Crippen molar-refractivity contribution in [2.75, 3.05) is 13.2 Å². The molecule has 3 aromatic rings. The van der Waals surface area contributed by atoms with Gasteiger partial charge in [-0.1, -0.05) is 19.1 Å². The van der Waals surface area contributed by atoms with Gasteiger partial charge in [0.05, 0.1) is 11.4 Å². The smallest absolute Gasteiger partial charge is 0.345 e. The van der Waals surface area contributed by atoms with Gasteiger partial charge in [-0.2, -0.15) is 4.98 Å². The van der Waals surface area contributed by atoms with Crippen LogP contribution in [0.15, 0.2) is 53.3 Å². The summed E-state index contributed by atoms with van der Waals surface area (Å²) in [6.45, 7) is 4.30. The zero-order valence-corrected chi connectivity index (χ0v) is 16.4. The molecule has 150 valence electrons. The summed E-state index contributed by atoms with van der Waals surface area (Å²) in [5.74, 6) is 0.528. The van der Waals surface area contributed by atoms with Crippen LogP contribution >= 0.6 is 0 Å². The molecule has 3 rings (SSSR count). The third-order valence-corrected chi connectivity index (χ3v) is 4.32. The molecule has 0 atom stereocenters. The molecule has 0 saturated carbocycles. The summed E-state index contributed by atoms with van der Waals surface area (Å²) >= 11 is 0. The molecule has 0 fully saturated rings. The van der Waals surface area contributed by atoms with Crippen molar-refractivity contribution in [1.29, 1.82) is 0 Å². The first-order valence-electron chi connectivity index (χ1n) is 9.37. The molecule has 0 spiro atoms. The van der Waals surface area contributed by atoms with Crippen molar-refractivity contribution < 1.29 is 14.6 Å². The van der Waals surface area contributed by atoms with Crippen molar-refractivity contribution >= 4 is 5.91 Å². The van der Waals surface area contributed by atoms with Crippen molar-refractivity contribution in [2.45, 2.75) is 20.3 Å². The van der Waals surface area contributed by atoms with Gasteiger partial charge in [0.2, 0.25) is 0 Å². The molecule has 0 aliphatic carbocycles. The number of amides is 1. The Bertz CT molecular complexity index is 1080. The van der Waals surface area contributed by atoms with E-state index in [4.69, 9.17) is 4.74 Å². The third-order valence-electron chi connectivity index (χ3n) is 4.32. The first kappa shape index (κ1) is 20.1. The quantitative estimate of drug-likeness (QED) is 0.572. The van der Waals surface area contributed by atoms with E-state index in [1.54, 1.807) is 49.4 Å². The number of benzene rings is 2. The van der Waals surface area contributed by atoms with Gasteiger partial charge >= 0.3 is 5.69 Å². The summed E-state index contributed by atoms with van der Waals surface area (Å²) < 4.78 is 5.55. The van der Waals surface area contributed by atoms with E-state index in [1.807, 2.05) is 13.0 Å². The second kappa shape index (κ2) is 9.05. The van der Waals surface area contributed by atoms with E-state index in [-0.39, 0.29) is 18.3 Å². The van der Waals surface area contributed by atoms with Gasteiger partial charge in [0.25, 0.3) is 5.91 Å². The number of nitrogens with zero attached hydrogens (tertiary/aromatic N) is 1. The minimum absolute atomic E-state index is 0.0750. The zero-order chi connectivity index (χ0) is 20.8. The number of aryl methyl sites for hydroxylation is 1. The van der Waals surface area contributed by atoms with Gasteiger partial charge < -0.3 is 20.1 Å². The van der Waals surface area contributed by atoms with Crippen LogP contribution in [0, 0.1) is 6.92 Å². The van der Waals surface area contributed by atoms with E-state index >= 15 is 0 Å². The lowest BCUT2D eigenvalue weighted by atomic mass is 10.1. The number of nitrogens with one attached hydrogen (secondary N) is 2. The van der Waals surface area contributed by atoms with E-state index < -0.39 is 5.69 Å². The maximum Gasteiger partial charge on any atom is 0.345 e. The number of hydrogen-bond acceptors (Lipinski definition) is 5. The molecule has 1 aromatic heterocycles. The van der Waals surface area contributed by atoms with Crippen LogP contribution in [0.1, 0.15) is 18.9 Å². The Morgan fingerprint density at radius 1 is 1.17 bits per heavy atom. The van der Waals surface area contributed by atoms with Crippen molar-refractivity contribution in [3.8, 4) is 34.0 Å². The fourth-order valence-electron chi connectivity index (χ4n) is 2.79. The molecular weight excluding hydrogens is 370 g/mol. The van der Waals surface area contributed by atoms with Gasteiger partial charge in [0.15, 0.2) is 6.61 Å². The molecule has 0 unspecified atom stereocenters. The van der Waals surface area contributed by atoms with Crippen LogP contribution in [0.25, 0.3) is 22.5 Å². The minimum atomic E-state index is -0.478. The molecule has 3 N–H and O–H groups in total. The lowest BCUT2D eigenvalue weighted by molar-refractivity contribution is -0.123. The van der Waals surface area contributed by atoms with Crippen LogP contribution in [0.5, 0.6) is 11.5 Å². The fourth-order valence-corrected chi connectivity index (χ4v) is 2.79. The Balaban J connectivity index is 1.85. The highest BCUT2D eigenvalue weighted by Crippen LogP contribution is 2.27. The summed E-state index contributed by atoms with van der Waals surface area (Å²) in [6.07, 6.45) is 0.861. The van der Waals surface area contributed by atoms with Crippen molar-refractivity contribution in [3.05, 3.63) is 64.6 Å². The molecule has 2 aromatic carbocycles. The average molecular weight is 393 g/mol. The maximum atomic E-state index is 12.1. The number of ether oxygens (including phenoxy) is 1. The highest BCUT2D eigenvalue weighted by Gasteiger charge is 2.09. The number of hydrogen-bond donors (Lipinski definition) is 3. The number of H-pyrrole nitrogens is 1. The number of phenols is 1. The van der Waals surface area contributed by atoms with Crippen molar-refractivity contribution in [1.82, 2.24) is 15.3 Å². The first-order chi connectivity index (χ1) is 14.0. The number of aromatic amines is 1. The van der Waals surface area contributed by atoms with E-state index in [9.17, 15) is 14.7 Å². The van der Waals surface area contributed by atoms with Crippen LogP contribution in [-0.2, 0) is 4.79 Å². The van der Waals surface area contributed by atoms with Gasteiger partial charge in [-0.3, -0.25) is 4.79 Å². The van der Waals surface area contributed by atoms with Crippen LogP contribution < -0.4 is 15.7 Å². The minimum Gasteiger partial charge on any atom is -0.508 e. The maximum absolute atomic E-state index is 12.1. The summed E-state index contributed by atoms with van der Waals surface area (Å²) in [5.41, 5.74) is 2.75. The SMILES string of the molecule is CCCNC(=O)COc1cccc(-c2cc(-c3ccc(O)c(C)c3)nc(=O)[nH]2)c1. The second-order valence-electron chi connectivity index (χ2n) is 6.65. The van der Waals surface area contributed by atoms with Gasteiger partial charge in [0, 0.05) is 17.7 Å². The van der Waals surface area contributed by atoms with E-state index in [0.29, 0.717) is 29.2 Å². The predicted molar refractivity (Wildman–Crippen MR) is 111 cm³/mol. The lowest BCUT2D eigenvalue weighted by Crippen LogP contribution is -2.29. The molecule has 0 aliphatic heterocycles.